The van der Waals surface area contributed by atoms with Gasteiger partial charge in [-0.2, -0.15) is 0 Å². The van der Waals surface area contributed by atoms with Crippen molar-refractivity contribution in [3.63, 3.8) is 0 Å². The number of anilines is 2. The summed E-state index contributed by atoms with van der Waals surface area (Å²) in [6, 6.07) is 13.9. The molecular weight excluding hydrogens is 390 g/mol. The lowest BCUT2D eigenvalue weighted by atomic mass is 10.1. The molecule has 1 aliphatic heterocycles. The van der Waals surface area contributed by atoms with Gasteiger partial charge in [0.05, 0.1) is 23.6 Å². The molecule has 5 nitrogen and oxygen atoms in total. The molecule has 1 aromatic heterocycles. The number of hydrogen-bond donors (Lipinski definition) is 2. The topological polar surface area (TPSA) is 71.1 Å². The predicted octanol–water partition coefficient (Wildman–Crippen LogP) is 4.60. The molecule has 3 aromatic rings. The molecule has 7 heteroatoms. The fraction of sp³-hybridized carbons (Fsp3) is 0.190. The third kappa shape index (κ3) is 4.26. The summed E-state index contributed by atoms with van der Waals surface area (Å²) in [4.78, 5) is 29.5. The molecule has 0 aliphatic carbocycles. The van der Waals surface area contributed by atoms with Crippen molar-refractivity contribution >= 4 is 46.3 Å². The molecule has 2 heterocycles. The van der Waals surface area contributed by atoms with Crippen LogP contribution in [0.3, 0.4) is 0 Å². The maximum absolute atomic E-state index is 12.4. The number of benzene rings is 2. The average molecular weight is 410 g/mol. The highest BCUT2D eigenvalue weighted by Gasteiger charge is 2.16. The fourth-order valence-corrected chi connectivity index (χ4v) is 4.55. The van der Waals surface area contributed by atoms with Gasteiger partial charge in [-0.1, -0.05) is 31.2 Å². The number of aromatic nitrogens is 1. The predicted molar refractivity (Wildman–Crippen MR) is 115 cm³/mol. The highest BCUT2D eigenvalue weighted by molar-refractivity contribution is 8.00. The third-order valence-electron chi connectivity index (χ3n) is 4.40. The number of thiazole rings is 1. The molecule has 2 amide bonds. The Morgan fingerprint density at radius 2 is 2.04 bits per heavy atom. The molecule has 4 rings (SSSR count). The molecular formula is C21H19N3O2S2. The number of hydrogen-bond acceptors (Lipinski definition) is 5. The van der Waals surface area contributed by atoms with Crippen LogP contribution in [0.5, 0.6) is 0 Å². The van der Waals surface area contributed by atoms with E-state index in [4.69, 9.17) is 0 Å². The lowest BCUT2D eigenvalue weighted by Crippen LogP contribution is -2.19. The maximum Gasteiger partial charge on any atom is 0.234 e. The van der Waals surface area contributed by atoms with Crippen molar-refractivity contribution in [3.8, 4) is 10.6 Å². The van der Waals surface area contributed by atoms with Gasteiger partial charge in [-0.05, 0) is 30.2 Å². The molecule has 0 saturated carbocycles. The largest absolute Gasteiger partial charge is 0.326 e. The second-order valence-electron chi connectivity index (χ2n) is 6.47. The normalized spacial score (nSPS) is 13.0. The van der Waals surface area contributed by atoms with Crippen molar-refractivity contribution < 1.29 is 9.59 Å². The van der Waals surface area contributed by atoms with E-state index in [1.54, 1.807) is 17.4 Å². The number of amides is 2. The van der Waals surface area contributed by atoms with E-state index in [1.165, 1.54) is 17.3 Å². The van der Waals surface area contributed by atoms with Crippen LogP contribution < -0.4 is 10.6 Å². The Labute approximate surface area is 171 Å². The van der Waals surface area contributed by atoms with E-state index < -0.39 is 0 Å². The Hall–Kier alpha value is -2.64. The van der Waals surface area contributed by atoms with Gasteiger partial charge in [-0.25, -0.2) is 4.98 Å². The molecule has 0 spiro atoms. The van der Waals surface area contributed by atoms with Crippen molar-refractivity contribution in [3.05, 3.63) is 59.1 Å². The van der Waals surface area contributed by atoms with E-state index in [9.17, 15) is 9.59 Å². The Morgan fingerprint density at radius 3 is 2.82 bits per heavy atom. The zero-order chi connectivity index (χ0) is 19.5. The number of nitrogens with one attached hydrogen (secondary N) is 2. The van der Waals surface area contributed by atoms with Crippen LogP contribution in [-0.4, -0.2) is 22.6 Å². The van der Waals surface area contributed by atoms with Crippen LogP contribution in [0.15, 0.2) is 52.7 Å². The van der Waals surface area contributed by atoms with Gasteiger partial charge < -0.3 is 10.6 Å². The zero-order valence-corrected chi connectivity index (χ0v) is 17.0. The van der Waals surface area contributed by atoms with Crippen LogP contribution in [-0.2, 0) is 22.4 Å². The summed E-state index contributed by atoms with van der Waals surface area (Å²) in [5.74, 6) is 0.266. The summed E-state index contributed by atoms with van der Waals surface area (Å²) in [6.45, 7) is 2.13. The van der Waals surface area contributed by atoms with Crippen LogP contribution in [0.2, 0.25) is 0 Å². The summed E-state index contributed by atoms with van der Waals surface area (Å²) in [5, 5.41) is 8.55. The molecule has 0 saturated heterocycles. The highest BCUT2D eigenvalue weighted by Crippen LogP contribution is 2.33. The molecule has 1 aliphatic rings. The quantitative estimate of drug-likeness (QED) is 0.646. The summed E-state index contributed by atoms with van der Waals surface area (Å²) in [6.07, 6.45) is 1.22. The van der Waals surface area contributed by atoms with Gasteiger partial charge in [0.1, 0.15) is 5.01 Å². The van der Waals surface area contributed by atoms with Crippen LogP contribution >= 0.6 is 23.1 Å². The Morgan fingerprint density at radius 1 is 1.21 bits per heavy atom. The lowest BCUT2D eigenvalue weighted by molar-refractivity contribution is -0.115. The molecule has 0 bridgehead atoms. The highest BCUT2D eigenvalue weighted by atomic mass is 32.2. The number of carbonyl (C=O) groups is 2. The first-order valence-electron chi connectivity index (χ1n) is 9.01. The first-order chi connectivity index (χ1) is 13.6. The third-order valence-corrected chi connectivity index (χ3v) is 6.41. The van der Waals surface area contributed by atoms with E-state index >= 15 is 0 Å². The van der Waals surface area contributed by atoms with Crippen LogP contribution in [0.25, 0.3) is 10.6 Å². The van der Waals surface area contributed by atoms with Gasteiger partial charge in [0.15, 0.2) is 0 Å². The van der Waals surface area contributed by atoms with Gasteiger partial charge in [0.25, 0.3) is 0 Å². The Balaban J connectivity index is 1.41. The molecule has 0 atom stereocenters. The minimum absolute atomic E-state index is 0.0250. The minimum Gasteiger partial charge on any atom is -0.326 e. The first kappa shape index (κ1) is 18.7. The number of aryl methyl sites for hydroxylation is 1. The Bertz CT molecular complexity index is 1030. The number of rotatable bonds is 5. The van der Waals surface area contributed by atoms with Crippen LogP contribution in [0.1, 0.15) is 18.2 Å². The molecule has 28 heavy (non-hydrogen) atoms. The van der Waals surface area contributed by atoms with Crippen molar-refractivity contribution in [2.45, 2.75) is 24.7 Å². The molecule has 2 aromatic carbocycles. The van der Waals surface area contributed by atoms with Crippen molar-refractivity contribution in [1.29, 1.82) is 0 Å². The molecule has 0 unspecified atom stereocenters. The molecule has 0 fully saturated rings. The first-order valence-corrected chi connectivity index (χ1v) is 10.9. The Kier molecular flexibility index (Phi) is 5.45. The average Bonchev–Trinajstić information content (AvgIpc) is 3.16. The van der Waals surface area contributed by atoms with E-state index in [1.807, 2.05) is 17.5 Å². The standard InChI is InChI=1S/C21H19N3O2S2/c1-2-13-3-5-14(6-4-13)21-23-16(11-28-21)10-19(25)22-15-7-8-18-17(9-15)24-20(26)12-27-18/h3-9,11H,2,10,12H2,1H3,(H,22,25)(H,24,26). The molecule has 2 N–H and O–H groups in total. The number of thioether (sulfide) groups is 1. The smallest absolute Gasteiger partial charge is 0.234 e. The summed E-state index contributed by atoms with van der Waals surface area (Å²) < 4.78 is 0. The van der Waals surface area contributed by atoms with Crippen LogP contribution in [0, 0.1) is 0 Å². The van der Waals surface area contributed by atoms with Gasteiger partial charge >= 0.3 is 0 Å². The SMILES string of the molecule is CCc1ccc(-c2nc(CC(=O)Nc3ccc4c(c3)NC(=O)CS4)cs2)cc1. The van der Waals surface area contributed by atoms with Gasteiger partial charge in [0, 0.05) is 21.5 Å². The summed E-state index contributed by atoms with van der Waals surface area (Å²) >= 11 is 3.04. The van der Waals surface area contributed by atoms with Crippen molar-refractivity contribution in [2.24, 2.45) is 0 Å². The van der Waals surface area contributed by atoms with E-state index in [0.717, 1.165) is 33.3 Å². The van der Waals surface area contributed by atoms with Crippen molar-refractivity contribution in [2.75, 3.05) is 16.4 Å². The molecule has 0 radical (unpaired) electrons. The molecule has 142 valence electrons. The summed E-state index contributed by atoms with van der Waals surface area (Å²) in [5.41, 5.74) is 4.51. The summed E-state index contributed by atoms with van der Waals surface area (Å²) in [7, 11) is 0. The van der Waals surface area contributed by atoms with Crippen molar-refractivity contribution in [1.82, 2.24) is 4.98 Å². The number of nitrogens with zero attached hydrogens (tertiary/aromatic N) is 1. The maximum atomic E-state index is 12.4. The monoisotopic (exact) mass is 409 g/mol. The van der Waals surface area contributed by atoms with E-state index in [0.29, 0.717) is 11.4 Å². The van der Waals surface area contributed by atoms with Gasteiger partial charge in [-0.3, -0.25) is 9.59 Å². The van der Waals surface area contributed by atoms with Gasteiger partial charge in [0.2, 0.25) is 11.8 Å². The lowest BCUT2D eigenvalue weighted by Gasteiger charge is -2.17. The second-order valence-corrected chi connectivity index (χ2v) is 8.34. The number of fused-ring (bicyclic) bond motifs is 1. The van der Waals surface area contributed by atoms with Crippen LogP contribution in [0.4, 0.5) is 11.4 Å². The second kappa shape index (κ2) is 8.16. The fourth-order valence-electron chi connectivity index (χ4n) is 2.93. The zero-order valence-electron chi connectivity index (χ0n) is 15.3. The van der Waals surface area contributed by atoms with E-state index in [-0.39, 0.29) is 18.2 Å². The van der Waals surface area contributed by atoms with Gasteiger partial charge in [-0.15, -0.1) is 23.1 Å². The minimum atomic E-state index is -0.132. The van der Waals surface area contributed by atoms with E-state index in [2.05, 4.69) is 46.8 Å². The number of carbonyl (C=O) groups excluding carboxylic acids is 2.